The van der Waals surface area contributed by atoms with Gasteiger partial charge in [0.2, 0.25) is 0 Å². The largest absolute Gasteiger partial charge is 0.389 e. The van der Waals surface area contributed by atoms with Gasteiger partial charge in [-0.3, -0.25) is 4.90 Å². The van der Waals surface area contributed by atoms with E-state index in [-0.39, 0.29) is 0 Å². The topological polar surface area (TPSA) is 50.5 Å². The summed E-state index contributed by atoms with van der Waals surface area (Å²) < 4.78 is 0.936. The van der Waals surface area contributed by atoms with Crippen molar-refractivity contribution in [2.45, 2.75) is 19.4 Å². The minimum absolute atomic E-state index is 0.647. The summed E-state index contributed by atoms with van der Waals surface area (Å²) >= 11 is 3.45. The van der Waals surface area contributed by atoms with Crippen molar-refractivity contribution in [1.82, 2.24) is 4.90 Å². The molecule has 0 unspecified atom stereocenters. The average molecular weight is 338 g/mol. The third kappa shape index (κ3) is 4.20. The first kappa shape index (κ1) is 15.3. The van der Waals surface area contributed by atoms with Crippen LogP contribution in [-0.4, -0.2) is 48.3 Å². The minimum atomic E-state index is -0.647. The molecule has 0 bridgehead atoms. The molecule has 1 aromatic rings. The maximum Gasteiger partial charge on any atom is 0.0992 e. The highest BCUT2D eigenvalue weighted by molar-refractivity contribution is 9.10. The Morgan fingerprint density at radius 3 is 2.45 bits per heavy atom. The number of β-amino-alcohol motifs (C(OH)–C–C–N with tert-alkyl or cyclic N) is 1. The molecule has 108 valence electrons. The number of anilines is 1. The molecule has 2 rings (SSSR count). The fraction of sp³-hybridized carbons (Fsp3) is 0.533. The fourth-order valence-electron chi connectivity index (χ4n) is 2.53. The van der Waals surface area contributed by atoms with Crippen molar-refractivity contribution in [2.75, 3.05) is 37.6 Å². The lowest BCUT2D eigenvalue weighted by Gasteiger charge is -2.38. The Bertz CT molecular complexity index is 511. The SMILES string of the molecule is CC(C)(O)CN1CCN(c2cc(Br)cc(C#N)c2)CC1. The van der Waals surface area contributed by atoms with Crippen molar-refractivity contribution in [1.29, 1.82) is 5.26 Å². The number of benzene rings is 1. The number of piperazine rings is 1. The first-order chi connectivity index (χ1) is 9.37. The van der Waals surface area contributed by atoms with Crippen LogP contribution in [0.1, 0.15) is 19.4 Å². The van der Waals surface area contributed by atoms with Crippen molar-refractivity contribution < 1.29 is 5.11 Å². The van der Waals surface area contributed by atoms with Crippen molar-refractivity contribution >= 4 is 21.6 Å². The van der Waals surface area contributed by atoms with E-state index < -0.39 is 5.60 Å². The highest BCUT2D eigenvalue weighted by Crippen LogP contribution is 2.24. The van der Waals surface area contributed by atoms with Crippen LogP contribution in [0.25, 0.3) is 0 Å². The molecule has 1 fully saturated rings. The smallest absolute Gasteiger partial charge is 0.0992 e. The van der Waals surface area contributed by atoms with Crippen LogP contribution >= 0.6 is 15.9 Å². The van der Waals surface area contributed by atoms with E-state index in [1.165, 1.54) is 0 Å². The Labute approximate surface area is 128 Å². The quantitative estimate of drug-likeness (QED) is 0.918. The Morgan fingerprint density at radius 2 is 1.90 bits per heavy atom. The van der Waals surface area contributed by atoms with E-state index in [4.69, 9.17) is 5.26 Å². The van der Waals surface area contributed by atoms with Gasteiger partial charge in [0.05, 0.1) is 17.2 Å². The molecule has 1 heterocycles. The Hall–Kier alpha value is -1.09. The van der Waals surface area contributed by atoms with Gasteiger partial charge in [0.25, 0.3) is 0 Å². The third-order valence-electron chi connectivity index (χ3n) is 3.36. The summed E-state index contributed by atoms with van der Waals surface area (Å²) in [7, 11) is 0. The molecule has 0 amide bonds. The number of hydrogen-bond acceptors (Lipinski definition) is 4. The summed E-state index contributed by atoms with van der Waals surface area (Å²) in [5.41, 5.74) is 1.11. The molecule has 1 aromatic carbocycles. The van der Waals surface area contributed by atoms with Crippen LogP contribution in [0, 0.1) is 11.3 Å². The first-order valence-corrected chi connectivity index (χ1v) is 7.57. The number of aliphatic hydroxyl groups is 1. The lowest BCUT2D eigenvalue weighted by molar-refractivity contribution is 0.0345. The van der Waals surface area contributed by atoms with E-state index in [0.717, 1.165) is 36.3 Å². The molecule has 1 saturated heterocycles. The highest BCUT2D eigenvalue weighted by atomic mass is 79.9. The molecular weight excluding hydrogens is 318 g/mol. The predicted molar refractivity (Wildman–Crippen MR) is 83.8 cm³/mol. The van der Waals surface area contributed by atoms with Gasteiger partial charge in [0.1, 0.15) is 0 Å². The van der Waals surface area contributed by atoms with Gasteiger partial charge in [-0.25, -0.2) is 0 Å². The molecule has 20 heavy (non-hydrogen) atoms. The Balaban J connectivity index is 2.01. The zero-order valence-corrected chi connectivity index (χ0v) is 13.5. The number of halogens is 1. The Kier molecular flexibility index (Phi) is 4.69. The molecular formula is C15H20BrN3O. The normalized spacial score (nSPS) is 17.1. The molecule has 4 nitrogen and oxygen atoms in total. The third-order valence-corrected chi connectivity index (χ3v) is 3.82. The molecule has 0 radical (unpaired) electrons. The molecule has 1 aliphatic rings. The summed E-state index contributed by atoms with van der Waals surface area (Å²) in [6.45, 7) is 8.06. The van der Waals surface area contributed by atoms with E-state index in [2.05, 4.69) is 31.8 Å². The summed E-state index contributed by atoms with van der Waals surface area (Å²) in [5.74, 6) is 0. The lowest BCUT2D eigenvalue weighted by Crippen LogP contribution is -2.50. The minimum Gasteiger partial charge on any atom is -0.389 e. The van der Waals surface area contributed by atoms with Crippen LogP contribution in [0.5, 0.6) is 0 Å². The van der Waals surface area contributed by atoms with Gasteiger partial charge in [-0.15, -0.1) is 0 Å². The van der Waals surface area contributed by atoms with E-state index in [1.54, 1.807) is 0 Å². The number of nitrogens with zero attached hydrogens (tertiary/aromatic N) is 3. The van der Waals surface area contributed by atoms with Crippen LogP contribution in [0.4, 0.5) is 5.69 Å². The van der Waals surface area contributed by atoms with E-state index in [1.807, 2.05) is 32.0 Å². The monoisotopic (exact) mass is 337 g/mol. The zero-order valence-electron chi connectivity index (χ0n) is 11.9. The van der Waals surface area contributed by atoms with Crippen molar-refractivity contribution in [2.24, 2.45) is 0 Å². The van der Waals surface area contributed by atoms with Crippen LogP contribution in [0.3, 0.4) is 0 Å². The fourth-order valence-corrected chi connectivity index (χ4v) is 3.01. The molecule has 1 N–H and O–H groups in total. The summed E-state index contributed by atoms with van der Waals surface area (Å²) in [5, 5.41) is 18.9. The van der Waals surface area contributed by atoms with Gasteiger partial charge in [-0.1, -0.05) is 15.9 Å². The molecule has 1 aliphatic heterocycles. The van der Waals surface area contributed by atoms with Crippen LogP contribution in [-0.2, 0) is 0 Å². The molecule has 0 spiro atoms. The van der Waals surface area contributed by atoms with Crippen molar-refractivity contribution in [3.05, 3.63) is 28.2 Å². The summed E-state index contributed by atoms with van der Waals surface area (Å²) in [4.78, 5) is 4.56. The van der Waals surface area contributed by atoms with Gasteiger partial charge in [-0.2, -0.15) is 5.26 Å². The molecule has 0 atom stereocenters. The second kappa shape index (κ2) is 6.13. The van der Waals surface area contributed by atoms with Crippen LogP contribution in [0.2, 0.25) is 0 Å². The van der Waals surface area contributed by atoms with E-state index >= 15 is 0 Å². The number of rotatable bonds is 3. The van der Waals surface area contributed by atoms with Crippen LogP contribution < -0.4 is 4.90 Å². The number of nitriles is 1. The summed E-state index contributed by atoms with van der Waals surface area (Å²) in [6.07, 6.45) is 0. The second-order valence-corrected chi connectivity index (χ2v) is 6.80. The van der Waals surface area contributed by atoms with Crippen molar-refractivity contribution in [3.63, 3.8) is 0 Å². The standard InChI is InChI=1S/C15H20BrN3O/c1-15(2,20)11-18-3-5-19(6-4-18)14-8-12(10-17)7-13(16)9-14/h7-9,20H,3-6,11H2,1-2H3. The average Bonchev–Trinajstić information content (AvgIpc) is 2.37. The lowest BCUT2D eigenvalue weighted by atomic mass is 10.1. The van der Waals surface area contributed by atoms with Crippen molar-refractivity contribution in [3.8, 4) is 6.07 Å². The molecule has 0 aromatic heterocycles. The molecule has 0 aliphatic carbocycles. The maximum absolute atomic E-state index is 9.86. The molecule has 0 saturated carbocycles. The van der Waals surface area contributed by atoms with Gasteiger partial charge in [-0.05, 0) is 32.0 Å². The van der Waals surface area contributed by atoms with Gasteiger partial charge in [0, 0.05) is 42.9 Å². The van der Waals surface area contributed by atoms with E-state index in [0.29, 0.717) is 12.1 Å². The predicted octanol–water partition coefficient (Wildman–Crippen LogP) is 2.21. The van der Waals surface area contributed by atoms with Gasteiger partial charge >= 0.3 is 0 Å². The first-order valence-electron chi connectivity index (χ1n) is 6.78. The highest BCUT2D eigenvalue weighted by Gasteiger charge is 2.23. The summed E-state index contributed by atoms with van der Waals surface area (Å²) in [6, 6.07) is 7.99. The molecule has 5 heteroatoms. The van der Waals surface area contributed by atoms with E-state index in [9.17, 15) is 5.11 Å². The van der Waals surface area contributed by atoms with Gasteiger partial charge in [0.15, 0.2) is 0 Å². The Morgan fingerprint density at radius 1 is 1.25 bits per heavy atom. The second-order valence-electron chi connectivity index (χ2n) is 5.89. The maximum atomic E-state index is 9.86. The van der Waals surface area contributed by atoms with Crippen LogP contribution in [0.15, 0.2) is 22.7 Å². The van der Waals surface area contributed by atoms with Gasteiger partial charge < -0.3 is 10.0 Å². The zero-order chi connectivity index (χ0) is 14.8. The number of hydrogen-bond donors (Lipinski definition) is 1.